The van der Waals surface area contributed by atoms with E-state index in [1.54, 1.807) is 12.1 Å². The molecule has 4 rings (SSSR count). The van der Waals surface area contributed by atoms with Crippen molar-refractivity contribution in [2.75, 3.05) is 0 Å². The van der Waals surface area contributed by atoms with E-state index in [9.17, 15) is 4.79 Å². The molecule has 2 heterocycles. The predicted octanol–water partition coefficient (Wildman–Crippen LogP) is 2.56. The molecule has 2 aromatic carbocycles. The number of rotatable bonds is 3. The third-order valence-corrected chi connectivity index (χ3v) is 3.98. The SMILES string of the molecule is N=C(N)CCc1ccc2c(c1)-c1n[nH]c(=O)c3cccc(c13)O2. The van der Waals surface area contributed by atoms with Crippen molar-refractivity contribution in [1.82, 2.24) is 10.2 Å². The van der Waals surface area contributed by atoms with Gasteiger partial charge in [0.15, 0.2) is 0 Å². The van der Waals surface area contributed by atoms with Crippen molar-refractivity contribution >= 4 is 16.6 Å². The number of hydrogen-bond donors (Lipinski definition) is 3. The van der Waals surface area contributed by atoms with Crippen molar-refractivity contribution in [3.05, 3.63) is 52.3 Å². The quantitative estimate of drug-likeness (QED) is 0.399. The molecule has 1 aromatic heterocycles. The molecule has 0 radical (unpaired) electrons. The Morgan fingerprint density at radius 2 is 2.13 bits per heavy atom. The fraction of sp³-hybridized carbons (Fsp3) is 0.118. The van der Waals surface area contributed by atoms with Crippen molar-refractivity contribution in [3.8, 4) is 22.8 Å². The number of nitrogens with two attached hydrogens (primary N) is 1. The molecule has 0 spiro atoms. The molecular formula is C17H14N4O2. The van der Waals surface area contributed by atoms with E-state index in [0.717, 1.165) is 16.5 Å². The summed E-state index contributed by atoms with van der Waals surface area (Å²) in [6.45, 7) is 0. The summed E-state index contributed by atoms with van der Waals surface area (Å²) in [5.41, 5.74) is 7.79. The molecule has 6 heteroatoms. The summed E-state index contributed by atoms with van der Waals surface area (Å²) in [4.78, 5) is 12.0. The molecule has 0 atom stereocenters. The average Bonchev–Trinajstić information content (AvgIpc) is 2.55. The summed E-state index contributed by atoms with van der Waals surface area (Å²) >= 11 is 0. The highest BCUT2D eigenvalue weighted by Crippen LogP contribution is 2.44. The number of nitrogens with one attached hydrogen (secondary N) is 2. The minimum Gasteiger partial charge on any atom is -0.456 e. The van der Waals surface area contributed by atoms with Crippen LogP contribution in [0, 0.1) is 5.41 Å². The molecule has 0 amide bonds. The molecule has 4 N–H and O–H groups in total. The highest BCUT2D eigenvalue weighted by molar-refractivity contribution is 6.01. The largest absolute Gasteiger partial charge is 0.456 e. The Hall–Kier alpha value is -3.15. The van der Waals surface area contributed by atoms with E-state index < -0.39 is 0 Å². The lowest BCUT2D eigenvalue weighted by Crippen LogP contribution is -2.12. The van der Waals surface area contributed by atoms with Crippen LogP contribution in [-0.2, 0) is 6.42 Å². The van der Waals surface area contributed by atoms with E-state index in [2.05, 4.69) is 10.2 Å². The molecular weight excluding hydrogens is 292 g/mol. The van der Waals surface area contributed by atoms with E-state index in [4.69, 9.17) is 15.9 Å². The first kappa shape index (κ1) is 13.5. The van der Waals surface area contributed by atoms with Gasteiger partial charge in [-0.25, -0.2) is 5.10 Å². The number of ether oxygens (including phenoxy) is 1. The van der Waals surface area contributed by atoms with Gasteiger partial charge in [0.25, 0.3) is 5.56 Å². The van der Waals surface area contributed by atoms with Gasteiger partial charge in [0.05, 0.1) is 16.6 Å². The molecule has 1 aliphatic heterocycles. The molecule has 23 heavy (non-hydrogen) atoms. The Bertz CT molecular complexity index is 1010. The maximum absolute atomic E-state index is 12.0. The van der Waals surface area contributed by atoms with Crippen LogP contribution in [0.5, 0.6) is 11.5 Å². The molecule has 6 nitrogen and oxygen atoms in total. The number of hydrogen-bond acceptors (Lipinski definition) is 4. The first-order valence-corrected chi connectivity index (χ1v) is 7.29. The zero-order chi connectivity index (χ0) is 16.0. The van der Waals surface area contributed by atoms with Gasteiger partial charge in [0.1, 0.15) is 17.2 Å². The number of amidine groups is 1. The highest BCUT2D eigenvalue weighted by Gasteiger charge is 2.22. The van der Waals surface area contributed by atoms with Crippen molar-refractivity contribution in [2.24, 2.45) is 5.73 Å². The second-order valence-corrected chi connectivity index (χ2v) is 5.54. The smallest absolute Gasteiger partial charge is 0.272 e. The average molecular weight is 306 g/mol. The Balaban J connectivity index is 1.91. The predicted molar refractivity (Wildman–Crippen MR) is 88.1 cm³/mol. The summed E-state index contributed by atoms with van der Waals surface area (Å²) in [6.07, 6.45) is 1.18. The van der Waals surface area contributed by atoms with Crippen LogP contribution in [0.1, 0.15) is 12.0 Å². The van der Waals surface area contributed by atoms with Gasteiger partial charge in [-0.3, -0.25) is 10.2 Å². The first-order valence-electron chi connectivity index (χ1n) is 7.29. The highest BCUT2D eigenvalue weighted by atomic mass is 16.5. The lowest BCUT2D eigenvalue weighted by atomic mass is 9.97. The fourth-order valence-electron chi connectivity index (χ4n) is 2.87. The zero-order valence-electron chi connectivity index (χ0n) is 12.2. The van der Waals surface area contributed by atoms with E-state index in [-0.39, 0.29) is 11.4 Å². The number of H-pyrrole nitrogens is 1. The number of fused-ring (bicyclic) bond motifs is 2. The molecule has 0 aliphatic carbocycles. The Morgan fingerprint density at radius 1 is 1.26 bits per heavy atom. The van der Waals surface area contributed by atoms with E-state index >= 15 is 0 Å². The van der Waals surface area contributed by atoms with Crippen molar-refractivity contribution in [1.29, 1.82) is 5.41 Å². The second-order valence-electron chi connectivity index (χ2n) is 5.54. The van der Waals surface area contributed by atoms with Gasteiger partial charge in [-0.1, -0.05) is 12.1 Å². The third-order valence-electron chi connectivity index (χ3n) is 3.98. The zero-order valence-corrected chi connectivity index (χ0v) is 12.2. The van der Waals surface area contributed by atoms with Gasteiger partial charge in [-0.2, -0.15) is 5.10 Å². The number of nitrogens with zero attached hydrogens (tertiary/aromatic N) is 1. The first-order chi connectivity index (χ1) is 11.1. The van der Waals surface area contributed by atoms with Crippen LogP contribution in [-0.4, -0.2) is 16.0 Å². The van der Waals surface area contributed by atoms with Gasteiger partial charge in [-0.15, -0.1) is 0 Å². The summed E-state index contributed by atoms with van der Waals surface area (Å²) in [5, 5.41) is 15.4. The monoisotopic (exact) mass is 306 g/mol. The van der Waals surface area contributed by atoms with Crippen LogP contribution in [0.25, 0.3) is 22.0 Å². The van der Waals surface area contributed by atoms with Gasteiger partial charge in [0, 0.05) is 12.0 Å². The number of benzene rings is 2. The molecule has 0 saturated heterocycles. The van der Waals surface area contributed by atoms with Crippen LogP contribution in [0.4, 0.5) is 0 Å². The third kappa shape index (κ3) is 2.15. The van der Waals surface area contributed by atoms with E-state index in [1.807, 2.05) is 24.3 Å². The van der Waals surface area contributed by atoms with Crippen molar-refractivity contribution in [2.45, 2.75) is 12.8 Å². The maximum atomic E-state index is 12.0. The van der Waals surface area contributed by atoms with Crippen LogP contribution < -0.4 is 16.0 Å². The van der Waals surface area contributed by atoms with Crippen LogP contribution >= 0.6 is 0 Å². The molecule has 0 bridgehead atoms. The van der Waals surface area contributed by atoms with Gasteiger partial charge < -0.3 is 10.5 Å². The molecule has 0 saturated carbocycles. The lowest BCUT2D eigenvalue weighted by molar-refractivity contribution is 0.485. The summed E-state index contributed by atoms with van der Waals surface area (Å²) < 4.78 is 5.93. The minimum atomic E-state index is -0.231. The number of aromatic nitrogens is 2. The standard InChI is InChI=1S/C17H14N4O2/c18-14(19)7-5-9-4-6-12-11(8-9)16-15-10(17(22)21-20-16)2-1-3-13(15)23-12/h1-4,6,8H,5,7H2,(H3,18,19)(H,21,22). The Morgan fingerprint density at radius 3 is 2.96 bits per heavy atom. The minimum absolute atomic E-state index is 0.161. The van der Waals surface area contributed by atoms with Crippen LogP contribution in [0.2, 0.25) is 0 Å². The van der Waals surface area contributed by atoms with Crippen LogP contribution in [0.15, 0.2) is 41.2 Å². The Labute approximate surface area is 131 Å². The molecule has 3 aromatic rings. The van der Waals surface area contributed by atoms with Gasteiger partial charge >= 0.3 is 0 Å². The molecule has 0 fully saturated rings. The van der Waals surface area contributed by atoms with Crippen molar-refractivity contribution < 1.29 is 4.74 Å². The van der Waals surface area contributed by atoms with Gasteiger partial charge in [0.2, 0.25) is 0 Å². The summed E-state index contributed by atoms with van der Waals surface area (Å²) in [6, 6.07) is 11.2. The summed E-state index contributed by atoms with van der Waals surface area (Å²) in [5.74, 6) is 1.50. The fourth-order valence-corrected chi connectivity index (χ4v) is 2.87. The molecule has 0 unspecified atom stereocenters. The second kappa shape index (κ2) is 4.95. The van der Waals surface area contributed by atoms with E-state index in [0.29, 0.717) is 35.4 Å². The van der Waals surface area contributed by atoms with Crippen LogP contribution in [0.3, 0.4) is 0 Å². The van der Waals surface area contributed by atoms with Gasteiger partial charge in [-0.05, 0) is 36.2 Å². The number of aromatic amines is 1. The van der Waals surface area contributed by atoms with E-state index in [1.165, 1.54) is 0 Å². The Kier molecular flexibility index (Phi) is 2.90. The maximum Gasteiger partial charge on any atom is 0.272 e. The summed E-state index contributed by atoms with van der Waals surface area (Å²) in [7, 11) is 0. The molecule has 114 valence electrons. The normalized spacial score (nSPS) is 11.8. The number of aryl methyl sites for hydroxylation is 1. The molecule has 1 aliphatic rings. The van der Waals surface area contributed by atoms with Crippen molar-refractivity contribution in [3.63, 3.8) is 0 Å². The lowest BCUT2D eigenvalue weighted by Gasteiger charge is -2.20. The topological polar surface area (TPSA) is 105 Å².